The number of ether oxygens (including phenoxy) is 2. The number of ketones is 1. The average molecular weight is 559 g/mol. The summed E-state index contributed by atoms with van der Waals surface area (Å²) in [5, 5.41) is 0.109. The highest BCUT2D eigenvalue weighted by molar-refractivity contribution is 7.85. The third kappa shape index (κ3) is 5.39. The summed E-state index contributed by atoms with van der Waals surface area (Å²) >= 11 is 0. The number of carbonyl (C=O) groups is 1. The SMILES string of the molecule is CC(C)(C)[Si](C)(C)OC1CC[C@](C)(C2CC[C@@]3(C)C(CCC34OCCO4)[C@@H]2CCOS(C)(=O)=O)C(=O)C1. The maximum absolute atomic E-state index is 13.9. The zero-order valence-electron chi connectivity index (χ0n) is 24.4. The van der Waals surface area contributed by atoms with Gasteiger partial charge in [-0.25, -0.2) is 0 Å². The van der Waals surface area contributed by atoms with Crippen LogP contribution in [0.15, 0.2) is 0 Å². The number of hydrogen-bond acceptors (Lipinski definition) is 7. The fraction of sp³-hybridized carbons (Fsp3) is 0.964. The maximum atomic E-state index is 13.9. The van der Waals surface area contributed by atoms with E-state index in [9.17, 15) is 13.2 Å². The molecule has 0 radical (unpaired) electrons. The van der Waals surface area contributed by atoms with Crippen LogP contribution in [-0.2, 0) is 33.0 Å². The van der Waals surface area contributed by atoms with Crippen LogP contribution in [0, 0.1) is 28.6 Å². The lowest BCUT2D eigenvalue weighted by molar-refractivity contribution is -0.242. The van der Waals surface area contributed by atoms with E-state index in [4.69, 9.17) is 18.1 Å². The van der Waals surface area contributed by atoms with Gasteiger partial charge in [0.1, 0.15) is 5.78 Å². The van der Waals surface area contributed by atoms with Crippen molar-refractivity contribution in [3.05, 3.63) is 0 Å². The minimum absolute atomic E-state index is 0.00243. The van der Waals surface area contributed by atoms with Gasteiger partial charge in [-0.05, 0) is 74.4 Å². The topological polar surface area (TPSA) is 88.1 Å². The van der Waals surface area contributed by atoms with E-state index in [1.807, 2.05) is 0 Å². The van der Waals surface area contributed by atoms with E-state index in [0.717, 1.165) is 44.8 Å². The van der Waals surface area contributed by atoms with Gasteiger partial charge in [-0.2, -0.15) is 8.42 Å². The summed E-state index contributed by atoms with van der Waals surface area (Å²) in [6.07, 6.45) is 7.63. The zero-order valence-corrected chi connectivity index (χ0v) is 26.2. The van der Waals surface area contributed by atoms with Crippen LogP contribution < -0.4 is 0 Å². The maximum Gasteiger partial charge on any atom is 0.264 e. The van der Waals surface area contributed by atoms with Gasteiger partial charge in [0.15, 0.2) is 14.1 Å². The van der Waals surface area contributed by atoms with Gasteiger partial charge in [-0.3, -0.25) is 8.98 Å². The summed E-state index contributed by atoms with van der Waals surface area (Å²) in [6, 6.07) is 0. The molecule has 0 N–H and O–H groups in total. The van der Waals surface area contributed by atoms with E-state index in [-0.39, 0.29) is 35.0 Å². The fourth-order valence-electron chi connectivity index (χ4n) is 7.93. The molecule has 0 aromatic rings. The Bertz CT molecular complexity index is 968. The first kappa shape index (κ1) is 29.7. The summed E-state index contributed by atoms with van der Waals surface area (Å²) in [5.41, 5.74) is -0.574. The normalized spacial score (nSPS) is 38.8. The quantitative estimate of drug-likeness (QED) is 0.293. The Morgan fingerprint density at radius 1 is 1.00 bits per heavy atom. The molecule has 1 spiro atoms. The molecule has 0 aromatic carbocycles. The Labute approximate surface area is 226 Å². The van der Waals surface area contributed by atoms with Crippen molar-refractivity contribution in [2.45, 2.75) is 116 Å². The van der Waals surface area contributed by atoms with Crippen LogP contribution in [0.5, 0.6) is 0 Å². The van der Waals surface area contributed by atoms with Gasteiger partial charge >= 0.3 is 0 Å². The predicted molar refractivity (Wildman–Crippen MR) is 146 cm³/mol. The number of hydrogen-bond donors (Lipinski definition) is 0. The summed E-state index contributed by atoms with van der Waals surface area (Å²) in [6.45, 7) is 17.1. The second kappa shape index (κ2) is 9.95. The van der Waals surface area contributed by atoms with E-state index in [0.29, 0.717) is 37.8 Å². The first-order valence-electron chi connectivity index (χ1n) is 14.3. The first-order chi connectivity index (χ1) is 16.9. The summed E-state index contributed by atoms with van der Waals surface area (Å²) in [4.78, 5) is 13.9. The molecule has 3 unspecified atom stereocenters. The molecule has 4 fully saturated rings. The zero-order chi connectivity index (χ0) is 27.5. The van der Waals surface area contributed by atoms with Crippen molar-refractivity contribution >= 4 is 24.2 Å². The van der Waals surface area contributed by atoms with Crippen molar-refractivity contribution in [1.82, 2.24) is 0 Å². The van der Waals surface area contributed by atoms with E-state index in [1.165, 1.54) is 0 Å². The standard InChI is InChI=1S/C28H50O7SSi/c1-25(2,3)37(7,8)35-20-9-13-26(4,24(29)19-20)22-10-14-27(5)23(11-15-28(27)32-17-18-33-28)21(22)12-16-34-36(6,30)31/h20-23H,9-19H2,1-8H3/t20?,21-,22?,23?,26-,27+/m1/s1. The summed E-state index contributed by atoms with van der Waals surface area (Å²) in [7, 11) is -5.48. The van der Waals surface area contributed by atoms with E-state index in [1.54, 1.807) is 0 Å². The molecular formula is C28H50O7SSi. The van der Waals surface area contributed by atoms with Gasteiger partial charge in [0.25, 0.3) is 10.1 Å². The molecule has 4 aliphatic rings. The molecular weight excluding hydrogens is 508 g/mol. The highest BCUT2D eigenvalue weighted by atomic mass is 32.2. The summed E-state index contributed by atoms with van der Waals surface area (Å²) in [5.74, 6) is 0.439. The molecule has 214 valence electrons. The van der Waals surface area contributed by atoms with Gasteiger partial charge < -0.3 is 13.9 Å². The highest BCUT2D eigenvalue weighted by Gasteiger charge is 2.66. The van der Waals surface area contributed by atoms with Crippen molar-refractivity contribution in [1.29, 1.82) is 0 Å². The van der Waals surface area contributed by atoms with Gasteiger partial charge in [0.05, 0.1) is 32.2 Å². The molecule has 0 bridgehead atoms. The number of carbonyl (C=O) groups excluding carboxylic acids is 1. The van der Waals surface area contributed by atoms with Gasteiger partial charge in [0, 0.05) is 23.7 Å². The molecule has 7 nitrogen and oxygen atoms in total. The lowest BCUT2D eigenvalue weighted by Gasteiger charge is -2.56. The second-order valence-electron chi connectivity index (χ2n) is 14.2. The predicted octanol–water partition coefficient (Wildman–Crippen LogP) is 5.69. The molecule has 0 amide bonds. The van der Waals surface area contributed by atoms with Crippen LogP contribution in [0.1, 0.15) is 86.0 Å². The summed E-state index contributed by atoms with van der Waals surface area (Å²) < 4.78 is 48.0. The van der Waals surface area contributed by atoms with Gasteiger partial charge in [0.2, 0.25) is 0 Å². The minimum atomic E-state index is -3.52. The van der Waals surface area contributed by atoms with E-state index >= 15 is 0 Å². The smallest absolute Gasteiger partial charge is 0.264 e. The number of fused-ring (bicyclic) bond motifs is 2. The Hall–Kier alpha value is -0.323. The van der Waals surface area contributed by atoms with Crippen LogP contribution in [-0.4, -0.2) is 60.5 Å². The van der Waals surface area contributed by atoms with Crippen molar-refractivity contribution in [3.63, 3.8) is 0 Å². The Balaban J connectivity index is 1.56. The molecule has 4 rings (SSSR count). The van der Waals surface area contributed by atoms with Crippen LogP contribution in [0.2, 0.25) is 18.1 Å². The van der Waals surface area contributed by atoms with Crippen molar-refractivity contribution in [2.75, 3.05) is 26.1 Å². The third-order valence-electron chi connectivity index (χ3n) is 11.1. The largest absolute Gasteiger partial charge is 0.413 e. The number of rotatable bonds is 7. The number of Topliss-reactive ketones (excluding diaryl/α,β-unsaturated/α-hetero) is 1. The molecule has 9 heteroatoms. The van der Waals surface area contributed by atoms with E-state index in [2.05, 4.69) is 47.7 Å². The van der Waals surface area contributed by atoms with Crippen molar-refractivity contribution < 1.29 is 31.3 Å². The molecule has 6 atom stereocenters. The molecule has 3 aliphatic carbocycles. The average Bonchev–Trinajstić information content (AvgIpc) is 3.35. The Kier molecular flexibility index (Phi) is 7.97. The molecule has 1 saturated heterocycles. The second-order valence-corrected chi connectivity index (χ2v) is 20.6. The molecule has 1 heterocycles. The monoisotopic (exact) mass is 558 g/mol. The van der Waals surface area contributed by atoms with Crippen molar-refractivity contribution in [3.8, 4) is 0 Å². The van der Waals surface area contributed by atoms with E-state index < -0.39 is 29.6 Å². The van der Waals surface area contributed by atoms with Crippen LogP contribution >= 0.6 is 0 Å². The Morgan fingerprint density at radius 3 is 2.19 bits per heavy atom. The molecule has 37 heavy (non-hydrogen) atoms. The van der Waals surface area contributed by atoms with Crippen LogP contribution in [0.3, 0.4) is 0 Å². The van der Waals surface area contributed by atoms with Crippen molar-refractivity contribution in [2.24, 2.45) is 28.6 Å². The first-order valence-corrected chi connectivity index (χ1v) is 19.0. The highest BCUT2D eigenvalue weighted by Crippen LogP contribution is 2.66. The van der Waals surface area contributed by atoms with Crippen LogP contribution in [0.4, 0.5) is 0 Å². The van der Waals surface area contributed by atoms with Crippen LogP contribution in [0.25, 0.3) is 0 Å². The fourth-order valence-corrected chi connectivity index (χ4v) is 9.72. The Morgan fingerprint density at radius 2 is 1.62 bits per heavy atom. The van der Waals surface area contributed by atoms with Gasteiger partial charge in [-0.15, -0.1) is 0 Å². The molecule has 3 saturated carbocycles. The lowest BCUT2D eigenvalue weighted by Crippen LogP contribution is -2.56. The third-order valence-corrected chi connectivity index (χ3v) is 16.2. The molecule has 1 aliphatic heterocycles. The lowest BCUT2D eigenvalue weighted by atomic mass is 9.50. The minimum Gasteiger partial charge on any atom is -0.413 e. The van der Waals surface area contributed by atoms with Gasteiger partial charge in [-0.1, -0.05) is 34.6 Å². The molecule has 0 aromatic heterocycles.